The third-order valence-corrected chi connectivity index (χ3v) is 2.28. The second-order valence-corrected chi connectivity index (χ2v) is 3.12. The molecule has 3 heteroatoms. The van der Waals surface area contributed by atoms with Crippen LogP contribution in [0.3, 0.4) is 0 Å². The molecule has 0 saturated heterocycles. The van der Waals surface area contributed by atoms with Crippen molar-refractivity contribution in [1.82, 2.24) is 9.78 Å². The molecular formula is C9H12N2O. The predicted molar refractivity (Wildman–Crippen MR) is 45.2 cm³/mol. The largest absolute Gasteiger partial charge is 0.294 e. The van der Waals surface area contributed by atoms with Crippen LogP contribution in [0.4, 0.5) is 0 Å². The maximum atomic E-state index is 11.4. The van der Waals surface area contributed by atoms with Gasteiger partial charge in [-0.2, -0.15) is 5.10 Å². The molecule has 1 aromatic heterocycles. The van der Waals surface area contributed by atoms with Crippen molar-refractivity contribution >= 4 is 5.78 Å². The van der Waals surface area contributed by atoms with E-state index >= 15 is 0 Å². The van der Waals surface area contributed by atoms with E-state index in [0.717, 1.165) is 30.6 Å². The van der Waals surface area contributed by atoms with Gasteiger partial charge in [-0.3, -0.25) is 9.48 Å². The molecule has 0 amide bonds. The van der Waals surface area contributed by atoms with Gasteiger partial charge in [0.25, 0.3) is 0 Å². The fraction of sp³-hybridized carbons (Fsp3) is 0.556. The number of ketones is 1. The van der Waals surface area contributed by atoms with Gasteiger partial charge in [-0.1, -0.05) is 0 Å². The summed E-state index contributed by atoms with van der Waals surface area (Å²) in [6.07, 6.45) is 4.50. The summed E-state index contributed by atoms with van der Waals surface area (Å²) in [4.78, 5) is 11.4. The number of hydrogen-bond donors (Lipinski definition) is 0. The molecule has 1 aliphatic rings. The fourth-order valence-electron chi connectivity index (χ4n) is 1.59. The zero-order chi connectivity index (χ0) is 8.55. The number of carbonyl (C=O) groups excluding carboxylic acids is 1. The average Bonchev–Trinajstić information content (AvgIpc) is 2.49. The first-order valence-corrected chi connectivity index (χ1v) is 4.41. The van der Waals surface area contributed by atoms with Crippen LogP contribution in [0.5, 0.6) is 0 Å². The zero-order valence-corrected chi connectivity index (χ0v) is 7.21. The van der Waals surface area contributed by atoms with Crippen molar-refractivity contribution in [1.29, 1.82) is 0 Å². The molecule has 0 saturated carbocycles. The normalized spacial score (nSPS) is 16.2. The molecule has 0 fully saturated rings. The summed E-state index contributed by atoms with van der Waals surface area (Å²) in [6.45, 7) is 2.88. The Morgan fingerprint density at radius 1 is 1.58 bits per heavy atom. The van der Waals surface area contributed by atoms with Gasteiger partial charge in [-0.25, -0.2) is 0 Å². The van der Waals surface area contributed by atoms with E-state index in [-0.39, 0.29) is 5.78 Å². The number of hydrogen-bond acceptors (Lipinski definition) is 2. The highest BCUT2D eigenvalue weighted by atomic mass is 16.1. The molecule has 0 unspecified atom stereocenters. The van der Waals surface area contributed by atoms with Crippen LogP contribution >= 0.6 is 0 Å². The van der Waals surface area contributed by atoms with Crippen molar-refractivity contribution in [2.24, 2.45) is 0 Å². The van der Waals surface area contributed by atoms with Crippen molar-refractivity contribution in [3.63, 3.8) is 0 Å². The second kappa shape index (κ2) is 2.73. The lowest BCUT2D eigenvalue weighted by Crippen LogP contribution is -2.08. The number of rotatable bonds is 1. The molecule has 2 rings (SSSR count). The molecule has 0 N–H and O–H groups in total. The molecule has 0 aliphatic heterocycles. The SMILES string of the molecule is CCn1cc2c(n1)CCCC2=O. The van der Waals surface area contributed by atoms with Crippen LogP contribution < -0.4 is 0 Å². The van der Waals surface area contributed by atoms with E-state index < -0.39 is 0 Å². The maximum Gasteiger partial charge on any atom is 0.166 e. The number of nitrogens with zero attached hydrogens (tertiary/aromatic N) is 2. The van der Waals surface area contributed by atoms with Gasteiger partial charge in [0.1, 0.15) is 0 Å². The number of aromatic nitrogens is 2. The molecule has 1 aliphatic carbocycles. The van der Waals surface area contributed by atoms with Crippen LogP contribution in [-0.2, 0) is 13.0 Å². The Morgan fingerprint density at radius 2 is 2.42 bits per heavy atom. The van der Waals surface area contributed by atoms with Crippen molar-refractivity contribution < 1.29 is 4.79 Å². The standard InChI is InChI=1S/C9H12N2O/c1-2-11-6-7-8(10-11)4-3-5-9(7)12/h6H,2-5H2,1H3. The van der Waals surface area contributed by atoms with Gasteiger partial charge in [0.05, 0.1) is 11.3 Å². The van der Waals surface area contributed by atoms with Crippen LogP contribution in [0.2, 0.25) is 0 Å². The third-order valence-electron chi connectivity index (χ3n) is 2.28. The molecule has 0 atom stereocenters. The van der Waals surface area contributed by atoms with Gasteiger partial charge in [0.2, 0.25) is 0 Å². The molecule has 0 radical (unpaired) electrons. The summed E-state index contributed by atoms with van der Waals surface area (Å²) in [5.74, 6) is 0.260. The first kappa shape index (κ1) is 7.53. The topological polar surface area (TPSA) is 34.9 Å². The first-order valence-electron chi connectivity index (χ1n) is 4.41. The minimum atomic E-state index is 0.260. The predicted octanol–water partition coefficient (Wildman–Crippen LogP) is 1.42. The van der Waals surface area contributed by atoms with Gasteiger partial charge in [0.15, 0.2) is 5.78 Å². The summed E-state index contributed by atoms with van der Waals surface area (Å²) < 4.78 is 1.84. The summed E-state index contributed by atoms with van der Waals surface area (Å²) in [7, 11) is 0. The van der Waals surface area contributed by atoms with Gasteiger partial charge >= 0.3 is 0 Å². The Balaban J connectivity index is 2.43. The number of fused-ring (bicyclic) bond motifs is 1. The van der Waals surface area contributed by atoms with Crippen LogP contribution in [-0.4, -0.2) is 15.6 Å². The lowest BCUT2D eigenvalue weighted by atomic mass is 9.97. The van der Waals surface area contributed by atoms with Crippen molar-refractivity contribution in [3.8, 4) is 0 Å². The van der Waals surface area contributed by atoms with E-state index in [0.29, 0.717) is 6.42 Å². The number of aryl methyl sites for hydroxylation is 2. The lowest BCUT2D eigenvalue weighted by molar-refractivity contribution is 0.0972. The number of carbonyl (C=O) groups is 1. The van der Waals surface area contributed by atoms with E-state index in [1.165, 1.54) is 0 Å². The minimum absolute atomic E-state index is 0.260. The zero-order valence-electron chi connectivity index (χ0n) is 7.21. The van der Waals surface area contributed by atoms with E-state index in [1.807, 2.05) is 17.8 Å². The van der Waals surface area contributed by atoms with E-state index in [4.69, 9.17) is 0 Å². The Bertz CT molecular complexity index is 314. The maximum absolute atomic E-state index is 11.4. The van der Waals surface area contributed by atoms with Gasteiger partial charge in [0, 0.05) is 19.2 Å². The molecule has 0 aromatic carbocycles. The molecule has 0 spiro atoms. The van der Waals surface area contributed by atoms with Crippen LogP contribution in [0, 0.1) is 0 Å². The van der Waals surface area contributed by atoms with E-state index in [2.05, 4.69) is 5.10 Å². The van der Waals surface area contributed by atoms with Crippen molar-refractivity contribution in [2.45, 2.75) is 32.7 Å². The Labute approximate surface area is 71.4 Å². The summed E-state index contributed by atoms with van der Waals surface area (Å²) in [6, 6.07) is 0. The molecule has 0 bridgehead atoms. The Kier molecular flexibility index (Phi) is 1.71. The number of Topliss-reactive ketones (excluding diaryl/α,β-unsaturated/α-hetero) is 1. The molecule has 64 valence electrons. The average molecular weight is 164 g/mol. The molecule has 1 aromatic rings. The highest BCUT2D eigenvalue weighted by molar-refractivity contribution is 5.97. The first-order chi connectivity index (χ1) is 5.81. The molecule has 1 heterocycles. The summed E-state index contributed by atoms with van der Waals surface area (Å²) in [5.41, 5.74) is 1.84. The molecule has 3 nitrogen and oxygen atoms in total. The quantitative estimate of drug-likeness (QED) is 0.629. The Hall–Kier alpha value is -1.12. The smallest absolute Gasteiger partial charge is 0.166 e. The van der Waals surface area contributed by atoms with Crippen LogP contribution in [0.1, 0.15) is 35.8 Å². The van der Waals surface area contributed by atoms with Crippen LogP contribution in [0.15, 0.2) is 6.20 Å². The van der Waals surface area contributed by atoms with Crippen molar-refractivity contribution in [3.05, 3.63) is 17.5 Å². The highest BCUT2D eigenvalue weighted by Gasteiger charge is 2.19. The van der Waals surface area contributed by atoms with Gasteiger partial charge in [-0.15, -0.1) is 0 Å². The van der Waals surface area contributed by atoms with E-state index in [1.54, 1.807) is 0 Å². The van der Waals surface area contributed by atoms with Crippen LogP contribution in [0.25, 0.3) is 0 Å². The molecular weight excluding hydrogens is 152 g/mol. The fourth-order valence-corrected chi connectivity index (χ4v) is 1.59. The Morgan fingerprint density at radius 3 is 3.08 bits per heavy atom. The molecule has 12 heavy (non-hydrogen) atoms. The van der Waals surface area contributed by atoms with Crippen molar-refractivity contribution in [2.75, 3.05) is 0 Å². The van der Waals surface area contributed by atoms with Gasteiger partial charge in [-0.05, 0) is 19.8 Å². The third kappa shape index (κ3) is 1.05. The second-order valence-electron chi connectivity index (χ2n) is 3.12. The monoisotopic (exact) mass is 164 g/mol. The minimum Gasteiger partial charge on any atom is -0.294 e. The lowest BCUT2D eigenvalue weighted by Gasteiger charge is -2.06. The van der Waals surface area contributed by atoms with E-state index in [9.17, 15) is 4.79 Å². The summed E-state index contributed by atoms with van der Waals surface area (Å²) >= 11 is 0. The van der Waals surface area contributed by atoms with Gasteiger partial charge < -0.3 is 0 Å². The summed E-state index contributed by atoms with van der Waals surface area (Å²) in [5, 5.41) is 4.32. The highest BCUT2D eigenvalue weighted by Crippen LogP contribution is 2.19.